The molecule has 0 radical (unpaired) electrons. The number of carbonyl (C=O) groups excluding carboxylic acids is 2. The molecule has 2 aromatic heterocycles. The lowest BCUT2D eigenvalue weighted by Gasteiger charge is -2.27. The van der Waals surface area contributed by atoms with Gasteiger partial charge in [-0.05, 0) is 82.3 Å². The molecule has 3 atom stereocenters. The van der Waals surface area contributed by atoms with E-state index in [2.05, 4.69) is 15.0 Å². The van der Waals surface area contributed by atoms with Crippen molar-refractivity contribution in [1.29, 1.82) is 0 Å². The number of hydrogen-bond donors (Lipinski definition) is 3. The molecular formula is C35H39ClF2N4O7S. The smallest absolute Gasteiger partial charge is 0.408 e. The van der Waals surface area contributed by atoms with Crippen molar-refractivity contribution >= 4 is 56.2 Å². The van der Waals surface area contributed by atoms with Gasteiger partial charge in [-0.2, -0.15) is 0 Å². The second-order valence-electron chi connectivity index (χ2n) is 13.1. The van der Waals surface area contributed by atoms with Crippen molar-refractivity contribution in [3.63, 3.8) is 0 Å². The van der Waals surface area contributed by atoms with Gasteiger partial charge in [0.1, 0.15) is 23.1 Å². The Labute approximate surface area is 294 Å². The van der Waals surface area contributed by atoms with Gasteiger partial charge in [0.25, 0.3) is 0 Å². The number of anilines is 1. The number of amides is 1. The first-order valence-corrected chi connectivity index (χ1v) is 17.9. The number of carbonyl (C=O) groups is 3. The van der Waals surface area contributed by atoms with Gasteiger partial charge in [0.2, 0.25) is 15.8 Å². The number of benzene rings is 2. The number of hydrogen-bond acceptors (Lipinski definition) is 7. The van der Waals surface area contributed by atoms with Crippen molar-refractivity contribution < 1.29 is 41.4 Å². The van der Waals surface area contributed by atoms with Crippen LogP contribution in [-0.2, 0) is 19.6 Å². The lowest BCUT2D eigenvalue weighted by molar-refractivity contribution is -0.141. The van der Waals surface area contributed by atoms with Gasteiger partial charge >= 0.3 is 12.1 Å². The quantitative estimate of drug-likeness (QED) is 0.119. The highest BCUT2D eigenvalue weighted by atomic mass is 35.5. The van der Waals surface area contributed by atoms with Crippen molar-refractivity contribution in [1.82, 2.24) is 14.9 Å². The van der Waals surface area contributed by atoms with Crippen LogP contribution < -0.4 is 10.0 Å². The Morgan fingerprint density at radius 1 is 1.06 bits per heavy atom. The first kappa shape index (κ1) is 38.2. The lowest BCUT2D eigenvalue weighted by atomic mass is 9.94. The van der Waals surface area contributed by atoms with E-state index < -0.39 is 74.4 Å². The highest BCUT2D eigenvalue weighted by molar-refractivity contribution is 7.92. The van der Waals surface area contributed by atoms with Crippen LogP contribution in [0.25, 0.3) is 22.2 Å². The summed E-state index contributed by atoms with van der Waals surface area (Å²) in [7, 11) is -3.97. The molecular weight excluding hydrogens is 694 g/mol. The number of rotatable bonds is 13. The zero-order valence-electron chi connectivity index (χ0n) is 28.4. The second-order valence-corrected chi connectivity index (χ2v) is 15.4. The fraction of sp³-hybridized carbons (Fsp3) is 0.371. The fourth-order valence-corrected chi connectivity index (χ4v) is 6.84. The molecule has 0 aliphatic carbocycles. The van der Waals surface area contributed by atoms with E-state index >= 15 is 8.78 Å². The molecule has 2 heterocycles. The summed E-state index contributed by atoms with van der Waals surface area (Å²) >= 11 is 6.06. The molecule has 0 aliphatic heterocycles. The third kappa shape index (κ3) is 8.96. The summed E-state index contributed by atoms with van der Waals surface area (Å²) in [5, 5.41) is 13.1. The van der Waals surface area contributed by atoms with E-state index in [9.17, 15) is 27.9 Å². The Hall–Kier alpha value is -4.56. The lowest BCUT2D eigenvalue weighted by Crippen LogP contribution is -2.47. The second kappa shape index (κ2) is 15.1. The molecule has 0 saturated carbocycles. The van der Waals surface area contributed by atoms with Gasteiger partial charge in [0.15, 0.2) is 5.82 Å². The number of aromatic nitrogens is 2. The molecule has 268 valence electrons. The zero-order valence-corrected chi connectivity index (χ0v) is 30.0. The average molecular weight is 733 g/mol. The summed E-state index contributed by atoms with van der Waals surface area (Å²) in [6.07, 6.45) is 2.44. The van der Waals surface area contributed by atoms with E-state index in [1.165, 1.54) is 6.20 Å². The number of halogens is 3. The third-order valence-electron chi connectivity index (χ3n) is 7.84. The maximum Gasteiger partial charge on any atom is 0.408 e. The summed E-state index contributed by atoms with van der Waals surface area (Å²) < 4.78 is 64.8. The number of carboxylic acid groups (broad SMARTS) is 1. The molecule has 4 rings (SSSR count). The monoisotopic (exact) mass is 732 g/mol. The molecule has 15 heteroatoms. The SMILES string of the molecule is CCCS(=O)(=O)Nc1ccc(F)c(C(=O)c2cn(C(C)CC(C)C(NC(=O)OC(C)(C)C)C(=O)O)c3ncc(-c4ccc(Cl)cc4)cc23)c1F. The minimum atomic E-state index is -3.97. The van der Waals surface area contributed by atoms with Crippen molar-refractivity contribution in [3.8, 4) is 11.1 Å². The van der Waals surface area contributed by atoms with Crippen molar-refractivity contribution in [2.75, 3.05) is 10.5 Å². The van der Waals surface area contributed by atoms with E-state index in [-0.39, 0.29) is 35.2 Å². The molecule has 0 saturated heterocycles. The summed E-state index contributed by atoms with van der Waals surface area (Å²) in [4.78, 5) is 43.3. The minimum absolute atomic E-state index is 0.129. The van der Waals surface area contributed by atoms with Crippen molar-refractivity contribution in [2.45, 2.75) is 72.1 Å². The molecule has 3 unspecified atom stereocenters. The van der Waals surface area contributed by atoms with Crippen molar-refractivity contribution in [2.24, 2.45) is 5.92 Å². The van der Waals surface area contributed by atoms with Crippen LogP contribution in [-0.4, -0.2) is 58.3 Å². The number of nitrogens with one attached hydrogen (secondary N) is 2. The topological polar surface area (TPSA) is 157 Å². The van der Waals surface area contributed by atoms with Gasteiger partial charge in [-0.1, -0.05) is 37.6 Å². The van der Waals surface area contributed by atoms with Gasteiger partial charge in [0.05, 0.1) is 17.0 Å². The molecule has 11 nitrogen and oxygen atoms in total. The third-order valence-corrected chi connectivity index (χ3v) is 9.57. The Kier molecular flexibility index (Phi) is 11.6. The average Bonchev–Trinajstić information content (AvgIpc) is 3.39. The predicted octanol–water partition coefficient (Wildman–Crippen LogP) is 7.58. The molecule has 0 bridgehead atoms. The number of ether oxygens (including phenoxy) is 1. The van der Waals surface area contributed by atoms with E-state index in [0.29, 0.717) is 16.1 Å². The number of nitrogens with zero attached hydrogens (tertiary/aromatic N) is 2. The van der Waals surface area contributed by atoms with E-state index in [1.807, 2.05) is 0 Å². The first-order chi connectivity index (χ1) is 23.3. The molecule has 4 aromatic rings. The van der Waals surface area contributed by atoms with Crippen molar-refractivity contribution in [3.05, 3.63) is 82.6 Å². The maximum atomic E-state index is 15.8. The van der Waals surface area contributed by atoms with Crippen LogP contribution >= 0.6 is 11.6 Å². The summed E-state index contributed by atoms with van der Waals surface area (Å²) in [6, 6.07) is 8.29. The molecule has 1 amide bonds. The summed E-state index contributed by atoms with van der Waals surface area (Å²) in [5.41, 5.74) is -1.01. The van der Waals surface area contributed by atoms with Crippen LogP contribution in [0.3, 0.4) is 0 Å². The number of fused-ring (bicyclic) bond motifs is 1. The standard InChI is InChI=1S/C35H39ClF2N4O7S/c1-7-14-50(47,48)41-27-13-12-26(37)28(29(27)38)31(43)25-18-42(32-24(25)16-22(17-39-32)21-8-10-23(36)11-9-21)20(3)15-19(2)30(33(44)45)40-34(46)49-35(4,5)6/h8-13,16-20,30,41H,7,14-15H2,1-6H3,(H,40,46)(H,44,45). The maximum absolute atomic E-state index is 15.8. The Bertz CT molecular complexity index is 2030. The number of sulfonamides is 1. The summed E-state index contributed by atoms with van der Waals surface area (Å²) in [6.45, 7) is 9.94. The molecule has 0 spiro atoms. The zero-order chi connectivity index (χ0) is 37.1. The predicted molar refractivity (Wildman–Crippen MR) is 187 cm³/mol. The van der Waals surface area contributed by atoms with Crippen LogP contribution in [0.4, 0.5) is 19.3 Å². The number of aliphatic carboxylic acids is 1. The van der Waals surface area contributed by atoms with Gasteiger partial charge in [-0.25, -0.2) is 31.8 Å². The highest BCUT2D eigenvalue weighted by Crippen LogP contribution is 2.34. The highest BCUT2D eigenvalue weighted by Gasteiger charge is 2.32. The normalized spacial score (nSPS) is 13.8. The molecule has 2 aromatic carbocycles. The van der Waals surface area contributed by atoms with E-state index in [4.69, 9.17) is 16.3 Å². The van der Waals surface area contributed by atoms with Gasteiger partial charge < -0.3 is 19.7 Å². The largest absolute Gasteiger partial charge is 0.480 e. The molecule has 0 aliphatic rings. The molecule has 0 fully saturated rings. The van der Waals surface area contributed by atoms with E-state index in [1.54, 1.807) is 82.6 Å². The van der Waals surface area contributed by atoms with Crippen LogP contribution in [0.1, 0.15) is 76.3 Å². The Morgan fingerprint density at radius 2 is 1.72 bits per heavy atom. The Morgan fingerprint density at radius 3 is 2.32 bits per heavy atom. The molecule has 3 N–H and O–H groups in total. The van der Waals surface area contributed by atoms with E-state index in [0.717, 1.165) is 12.1 Å². The van der Waals surface area contributed by atoms with Crippen LogP contribution in [0.5, 0.6) is 0 Å². The number of carboxylic acids is 1. The van der Waals surface area contributed by atoms with Gasteiger partial charge in [-0.3, -0.25) is 9.52 Å². The molecule has 50 heavy (non-hydrogen) atoms. The van der Waals surface area contributed by atoms with Gasteiger partial charge in [0, 0.05) is 40.0 Å². The Balaban J connectivity index is 1.80. The number of pyridine rings is 1. The summed E-state index contributed by atoms with van der Waals surface area (Å²) in [5.74, 6) is -5.90. The minimum Gasteiger partial charge on any atom is -0.480 e. The number of alkyl carbamates (subject to hydrolysis) is 1. The number of ketones is 1. The van der Waals surface area contributed by atoms with Crippen LogP contribution in [0.15, 0.2) is 54.9 Å². The van der Waals surface area contributed by atoms with Gasteiger partial charge in [-0.15, -0.1) is 0 Å². The first-order valence-electron chi connectivity index (χ1n) is 15.8. The van der Waals surface area contributed by atoms with Crippen LogP contribution in [0.2, 0.25) is 5.02 Å². The fourth-order valence-electron chi connectivity index (χ4n) is 5.58. The van der Waals surface area contributed by atoms with Crippen LogP contribution in [0, 0.1) is 17.6 Å².